The molecule has 6 heteroatoms. The van der Waals surface area contributed by atoms with Crippen LogP contribution in [-0.2, 0) is 0 Å². The van der Waals surface area contributed by atoms with E-state index in [1.807, 2.05) is 18.2 Å². The molecule has 0 fully saturated rings. The maximum Gasteiger partial charge on any atom is 0.186 e. The molecule has 0 bridgehead atoms. The molecule has 5 nitrogen and oxygen atoms in total. The van der Waals surface area contributed by atoms with Gasteiger partial charge >= 0.3 is 0 Å². The van der Waals surface area contributed by atoms with Gasteiger partial charge in [-0.3, -0.25) is 4.79 Å². The van der Waals surface area contributed by atoms with Gasteiger partial charge in [-0.05, 0) is 17.4 Å². The summed E-state index contributed by atoms with van der Waals surface area (Å²) < 4.78 is 1.16. The van der Waals surface area contributed by atoms with Crippen molar-refractivity contribution in [3.63, 3.8) is 0 Å². The maximum atomic E-state index is 12.0. The van der Waals surface area contributed by atoms with E-state index in [9.17, 15) is 4.79 Å². The van der Waals surface area contributed by atoms with Crippen LogP contribution in [0.15, 0.2) is 40.8 Å². The van der Waals surface area contributed by atoms with E-state index in [-0.39, 0.29) is 11.8 Å². The van der Waals surface area contributed by atoms with Crippen LogP contribution in [0.25, 0.3) is 0 Å². The molecule has 1 aromatic carbocycles. The summed E-state index contributed by atoms with van der Waals surface area (Å²) >= 11 is 5.62. The van der Waals surface area contributed by atoms with Gasteiger partial charge in [-0.1, -0.05) is 30.3 Å². The monoisotopic (exact) mass is 238 g/mol. The predicted octanol–water partition coefficient (Wildman–Crippen LogP) is 2.27. The lowest BCUT2D eigenvalue weighted by Crippen LogP contribution is -2.35. The van der Waals surface area contributed by atoms with Crippen molar-refractivity contribution in [1.29, 1.82) is 0 Å². The van der Waals surface area contributed by atoms with Crippen molar-refractivity contribution in [3.05, 3.63) is 35.9 Å². The average Bonchev–Trinajstić information content (AvgIpc) is 2.75. The smallest absolute Gasteiger partial charge is 0.186 e. The van der Waals surface area contributed by atoms with Crippen molar-refractivity contribution in [1.82, 2.24) is 9.54 Å². The zero-order valence-corrected chi connectivity index (χ0v) is 9.50. The van der Waals surface area contributed by atoms with Crippen LogP contribution in [0, 0.1) is 0 Å². The van der Waals surface area contributed by atoms with E-state index in [1.165, 1.54) is 0 Å². The summed E-state index contributed by atoms with van der Waals surface area (Å²) in [5.74, 6) is 0.00603. The van der Waals surface area contributed by atoms with Gasteiger partial charge in [0.25, 0.3) is 0 Å². The van der Waals surface area contributed by atoms with E-state index in [0.717, 1.165) is 4.53 Å². The molecule has 16 heavy (non-hydrogen) atoms. The van der Waals surface area contributed by atoms with E-state index < -0.39 is 0 Å². The Morgan fingerprint density at radius 2 is 2.06 bits per heavy atom. The molecule has 1 atom stereocenters. The summed E-state index contributed by atoms with van der Waals surface area (Å²) in [5, 5.41) is 8.95. The van der Waals surface area contributed by atoms with E-state index >= 15 is 0 Å². The van der Waals surface area contributed by atoms with Crippen LogP contribution in [0.1, 0.15) is 17.3 Å². The maximum absolute atomic E-state index is 12.0. The molecular weight excluding hydrogens is 228 g/mol. The molecule has 1 unspecified atom stereocenters. The zero-order chi connectivity index (χ0) is 11.5. The molecule has 0 aromatic heterocycles. The van der Waals surface area contributed by atoms with Gasteiger partial charge in [-0.2, -0.15) is 4.53 Å². The highest BCUT2D eigenvalue weighted by Crippen LogP contribution is 2.16. The quantitative estimate of drug-likeness (QED) is 0.600. The summed E-state index contributed by atoms with van der Waals surface area (Å²) in [6.45, 7) is 2.10. The number of hydrogen-bond donors (Lipinski definition) is 0. The van der Waals surface area contributed by atoms with Gasteiger partial charge in [0.15, 0.2) is 5.78 Å². The van der Waals surface area contributed by atoms with E-state index in [2.05, 4.69) is 10.4 Å². The molecule has 1 aromatic rings. The standard InChI is InChI=1S/C10H11ClN4O/c1-8(14-7-15(11)13-12-14)10(16)9-5-3-2-4-6-9/h2-6,8H,7H2,1H3. The number of carbonyl (C=O) groups excluding carboxylic acids is 1. The first-order chi connectivity index (χ1) is 7.68. The summed E-state index contributed by atoms with van der Waals surface area (Å²) in [6, 6.07) is 8.74. The van der Waals surface area contributed by atoms with Gasteiger partial charge in [-0.25, -0.2) is 5.01 Å². The number of carbonyl (C=O) groups is 1. The molecule has 0 N–H and O–H groups in total. The van der Waals surface area contributed by atoms with Gasteiger partial charge < -0.3 is 0 Å². The lowest BCUT2D eigenvalue weighted by atomic mass is 10.1. The Morgan fingerprint density at radius 1 is 1.38 bits per heavy atom. The van der Waals surface area contributed by atoms with Crippen LogP contribution >= 0.6 is 11.8 Å². The van der Waals surface area contributed by atoms with Gasteiger partial charge in [0.05, 0.1) is 0 Å². The van der Waals surface area contributed by atoms with Crippen molar-refractivity contribution < 1.29 is 4.79 Å². The Morgan fingerprint density at radius 3 is 2.62 bits per heavy atom. The van der Waals surface area contributed by atoms with Crippen molar-refractivity contribution in [2.24, 2.45) is 10.4 Å². The Kier molecular flexibility index (Phi) is 3.05. The molecule has 1 heterocycles. The lowest BCUT2D eigenvalue weighted by Gasteiger charge is -2.19. The molecule has 0 saturated carbocycles. The van der Waals surface area contributed by atoms with Gasteiger partial charge in [0.1, 0.15) is 12.7 Å². The lowest BCUT2D eigenvalue weighted by molar-refractivity contribution is 0.0839. The minimum Gasteiger partial charge on any atom is -0.292 e. The van der Waals surface area contributed by atoms with E-state index in [0.29, 0.717) is 12.2 Å². The second-order valence-electron chi connectivity index (χ2n) is 3.50. The highest BCUT2D eigenvalue weighted by Gasteiger charge is 2.26. The van der Waals surface area contributed by atoms with Crippen molar-refractivity contribution in [2.45, 2.75) is 13.0 Å². The van der Waals surface area contributed by atoms with Crippen LogP contribution < -0.4 is 0 Å². The minimum absolute atomic E-state index is 0.00603. The van der Waals surface area contributed by atoms with Crippen molar-refractivity contribution in [2.75, 3.05) is 6.67 Å². The third-order valence-corrected chi connectivity index (χ3v) is 2.57. The third-order valence-electron chi connectivity index (χ3n) is 2.40. The SMILES string of the molecule is CC(C(=O)c1ccccc1)N1CN(Cl)N=N1. The van der Waals surface area contributed by atoms with Crippen LogP contribution in [-0.4, -0.2) is 28.0 Å². The molecule has 0 aliphatic carbocycles. The molecule has 0 amide bonds. The fourth-order valence-electron chi connectivity index (χ4n) is 1.45. The first-order valence-electron chi connectivity index (χ1n) is 4.89. The van der Waals surface area contributed by atoms with Crippen LogP contribution in [0.5, 0.6) is 0 Å². The van der Waals surface area contributed by atoms with E-state index in [4.69, 9.17) is 11.8 Å². The summed E-state index contributed by atoms with van der Waals surface area (Å²) in [6.07, 6.45) is 0. The molecular formula is C10H11ClN4O. The normalized spacial score (nSPS) is 16.6. The fraction of sp³-hybridized carbons (Fsp3) is 0.300. The number of hydrogen-bond acceptors (Lipinski definition) is 5. The summed E-state index contributed by atoms with van der Waals surface area (Å²) in [5.41, 5.74) is 0.665. The molecule has 1 aliphatic heterocycles. The molecule has 0 saturated heterocycles. The molecule has 0 radical (unpaired) electrons. The third kappa shape index (κ3) is 2.14. The minimum atomic E-state index is -0.366. The Hall–Kier alpha value is -1.62. The highest BCUT2D eigenvalue weighted by molar-refractivity contribution is 6.13. The van der Waals surface area contributed by atoms with Crippen LogP contribution in [0.2, 0.25) is 0 Å². The molecule has 0 spiro atoms. The first-order valence-corrected chi connectivity index (χ1v) is 5.23. The second kappa shape index (κ2) is 4.49. The average molecular weight is 239 g/mol. The van der Waals surface area contributed by atoms with Gasteiger partial charge in [0, 0.05) is 17.3 Å². The van der Waals surface area contributed by atoms with E-state index in [1.54, 1.807) is 24.1 Å². The number of rotatable bonds is 3. The van der Waals surface area contributed by atoms with Crippen molar-refractivity contribution in [3.8, 4) is 0 Å². The zero-order valence-electron chi connectivity index (χ0n) is 8.75. The van der Waals surface area contributed by atoms with Crippen molar-refractivity contribution >= 4 is 17.6 Å². The summed E-state index contributed by atoms with van der Waals surface area (Å²) in [7, 11) is 0. The predicted molar refractivity (Wildman–Crippen MR) is 59.5 cm³/mol. The number of nitrogens with zero attached hydrogens (tertiary/aromatic N) is 4. The fourth-order valence-corrected chi connectivity index (χ4v) is 1.59. The van der Waals surface area contributed by atoms with Gasteiger partial charge in [0.2, 0.25) is 0 Å². The Balaban J connectivity index is 2.08. The molecule has 1 aliphatic rings. The highest BCUT2D eigenvalue weighted by atomic mass is 35.5. The first kappa shape index (κ1) is 10.9. The number of benzene rings is 1. The molecule has 84 valence electrons. The molecule has 2 rings (SSSR count). The topological polar surface area (TPSA) is 48.3 Å². The second-order valence-corrected chi connectivity index (χ2v) is 3.89. The largest absolute Gasteiger partial charge is 0.292 e. The van der Waals surface area contributed by atoms with Crippen LogP contribution in [0.4, 0.5) is 0 Å². The number of Topliss-reactive ketones (excluding diaryl/α,β-unsaturated/α-hetero) is 1. The number of halogens is 1. The Bertz CT molecular complexity index is 409. The number of ketones is 1. The summed E-state index contributed by atoms with van der Waals surface area (Å²) in [4.78, 5) is 12.0. The Labute approximate surface area is 98.4 Å². The van der Waals surface area contributed by atoms with Gasteiger partial charge in [-0.15, -0.1) is 0 Å². The van der Waals surface area contributed by atoms with Crippen LogP contribution in [0.3, 0.4) is 0 Å².